The van der Waals surface area contributed by atoms with Gasteiger partial charge in [-0.05, 0) is 25.5 Å². The lowest BCUT2D eigenvalue weighted by atomic mass is 10.0. The molecule has 0 bridgehead atoms. The lowest BCUT2D eigenvalue weighted by Crippen LogP contribution is -2.32. The van der Waals surface area contributed by atoms with Crippen molar-refractivity contribution in [3.05, 3.63) is 30.3 Å². The second kappa shape index (κ2) is 3.93. The highest BCUT2D eigenvalue weighted by atomic mass is 16.4. The molecule has 0 aliphatic carbocycles. The summed E-state index contributed by atoms with van der Waals surface area (Å²) >= 11 is 0. The minimum Gasteiger partial charge on any atom is -0.481 e. The zero-order chi connectivity index (χ0) is 10.8. The van der Waals surface area contributed by atoms with Gasteiger partial charge in [-0.1, -0.05) is 18.2 Å². The number of hydrogen-bond acceptors (Lipinski definition) is 2. The maximum Gasteiger partial charge on any atom is 0.308 e. The van der Waals surface area contributed by atoms with Crippen LogP contribution in [0.2, 0.25) is 0 Å². The van der Waals surface area contributed by atoms with Crippen LogP contribution in [0, 0.1) is 5.92 Å². The van der Waals surface area contributed by atoms with Gasteiger partial charge in [-0.3, -0.25) is 4.79 Å². The van der Waals surface area contributed by atoms with Gasteiger partial charge in [0.1, 0.15) is 0 Å². The highest BCUT2D eigenvalue weighted by Crippen LogP contribution is 2.29. The van der Waals surface area contributed by atoms with Crippen LogP contribution in [0.1, 0.15) is 13.3 Å². The second-order valence-electron chi connectivity index (χ2n) is 4.00. The molecule has 0 spiro atoms. The van der Waals surface area contributed by atoms with E-state index in [2.05, 4.69) is 4.90 Å². The maximum absolute atomic E-state index is 11.0. The largest absolute Gasteiger partial charge is 0.481 e. The molecule has 0 amide bonds. The monoisotopic (exact) mass is 205 g/mol. The van der Waals surface area contributed by atoms with Crippen LogP contribution < -0.4 is 4.90 Å². The van der Waals surface area contributed by atoms with Gasteiger partial charge in [-0.25, -0.2) is 0 Å². The summed E-state index contributed by atoms with van der Waals surface area (Å²) in [5.41, 5.74) is 1.12. The number of para-hydroxylation sites is 1. The van der Waals surface area contributed by atoms with Gasteiger partial charge in [0.2, 0.25) is 0 Å². The Labute approximate surface area is 89.3 Å². The fourth-order valence-electron chi connectivity index (χ4n) is 2.25. The van der Waals surface area contributed by atoms with Gasteiger partial charge in [0.15, 0.2) is 0 Å². The third-order valence-electron chi connectivity index (χ3n) is 3.16. The van der Waals surface area contributed by atoms with E-state index in [9.17, 15) is 4.79 Å². The molecule has 1 N–H and O–H groups in total. The zero-order valence-electron chi connectivity index (χ0n) is 8.76. The summed E-state index contributed by atoms with van der Waals surface area (Å²) in [5, 5.41) is 9.02. The van der Waals surface area contributed by atoms with Gasteiger partial charge in [-0.15, -0.1) is 0 Å². The van der Waals surface area contributed by atoms with Crippen LogP contribution in [0.15, 0.2) is 30.3 Å². The van der Waals surface area contributed by atoms with Crippen LogP contribution in [0.4, 0.5) is 5.69 Å². The predicted octanol–water partition coefficient (Wildman–Crippen LogP) is 1.99. The predicted molar refractivity (Wildman–Crippen MR) is 59.0 cm³/mol. The molecule has 3 nitrogen and oxygen atoms in total. The number of carboxylic acids is 1. The van der Waals surface area contributed by atoms with Gasteiger partial charge in [0.05, 0.1) is 5.92 Å². The number of carbonyl (C=O) groups is 1. The van der Waals surface area contributed by atoms with E-state index in [4.69, 9.17) is 5.11 Å². The van der Waals surface area contributed by atoms with Gasteiger partial charge >= 0.3 is 5.97 Å². The Morgan fingerprint density at radius 3 is 2.60 bits per heavy atom. The third kappa shape index (κ3) is 1.82. The molecule has 0 saturated carbocycles. The molecule has 1 aliphatic heterocycles. The molecule has 1 aromatic carbocycles. The lowest BCUT2D eigenvalue weighted by molar-refractivity contribution is -0.141. The summed E-state index contributed by atoms with van der Waals surface area (Å²) in [7, 11) is 0. The molecule has 1 saturated heterocycles. The number of anilines is 1. The van der Waals surface area contributed by atoms with Crippen molar-refractivity contribution in [1.29, 1.82) is 0 Å². The van der Waals surface area contributed by atoms with Gasteiger partial charge in [0, 0.05) is 18.3 Å². The molecule has 0 radical (unpaired) electrons. The van der Waals surface area contributed by atoms with Gasteiger partial charge in [0.25, 0.3) is 0 Å². The zero-order valence-corrected chi connectivity index (χ0v) is 8.76. The van der Waals surface area contributed by atoms with E-state index in [0.717, 1.165) is 18.7 Å². The Balaban J connectivity index is 2.17. The average Bonchev–Trinajstić information content (AvgIpc) is 2.61. The summed E-state index contributed by atoms with van der Waals surface area (Å²) in [6.07, 6.45) is 0.741. The first kappa shape index (κ1) is 10.0. The summed E-state index contributed by atoms with van der Waals surface area (Å²) in [6.45, 7) is 2.82. The molecule has 2 atom stereocenters. The highest BCUT2D eigenvalue weighted by Gasteiger charge is 2.35. The van der Waals surface area contributed by atoms with Gasteiger partial charge < -0.3 is 10.0 Å². The molecular weight excluding hydrogens is 190 g/mol. The molecule has 1 aromatic rings. The van der Waals surface area contributed by atoms with Crippen LogP contribution >= 0.6 is 0 Å². The number of rotatable bonds is 2. The van der Waals surface area contributed by atoms with Crippen molar-refractivity contribution in [3.63, 3.8) is 0 Å². The molecule has 80 valence electrons. The highest BCUT2D eigenvalue weighted by molar-refractivity contribution is 5.73. The molecule has 0 aromatic heterocycles. The first-order chi connectivity index (χ1) is 7.20. The van der Waals surface area contributed by atoms with Crippen molar-refractivity contribution in [2.24, 2.45) is 5.92 Å². The average molecular weight is 205 g/mol. The van der Waals surface area contributed by atoms with E-state index in [0.29, 0.717) is 0 Å². The van der Waals surface area contributed by atoms with Crippen molar-refractivity contribution >= 4 is 11.7 Å². The van der Waals surface area contributed by atoms with Crippen molar-refractivity contribution < 1.29 is 9.90 Å². The first-order valence-corrected chi connectivity index (χ1v) is 5.24. The number of aliphatic carboxylic acids is 1. The maximum atomic E-state index is 11.0. The Kier molecular flexibility index (Phi) is 2.62. The third-order valence-corrected chi connectivity index (χ3v) is 3.16. The first-order valence-electron chi connectivity index (χ1n) is 5.24. The summed E-state index contributed by atoms with van der Waals surface area (Å²) in [4.78, 5) is 13.1. The van der Waals surface area contributed by atoms with Crippen LogP contribution in [0.25, 0.3) is 0 Å². The fraction of sp³-hybridized carbons (Fsp3) is 0.417. The Hall–Kier alpha value is -1.51. The standard InChI is InChI=1S/C12H15NO2/c1-9-11(12(14)15)7-8-13(9)10-5-3-2-4-6-10/h2-6,9,11H,7-8H2,1H3,(H,14,15)/t9-,11+/m1/s1. The van der Waals surface area contributed by atoms with Crippen molar-refractivity contribution in [2.45, 2.75) is 19.4 Å². The summed E-state index contributed by atoms with van der Waals surface area (Å²) in [6, 6.07) is 10.1. The second-order valence-corrected chi connectivity index (χ2v) is 4.00. The summed E-state index contributed by atoms with van der Waals surface area (Å²) < 4.78 is 0. The molecule has 2 rings (SSSR count). The smallest absolute Gasteiger partial charge is 0.308 e. The van der Waals surface area contributed by atoms with Crippen LogP contribution in [-0.4, -0.2) is 23.7 Å². The van der Waals surface area contributed by atoms with E-state index < -0.39 is 5.97 Å². The lowest BCUT2D eigenvalue weighted by Gasteiger charge is -2.25. The molecule has 15 heavy (non-hydrogen) atoms. The Morgan fingerprint density at radius 2 is 2.07 bits per heavy atom. The van der Waals surface area contributed by atoms with Crippen LogP contribution in [0.3, 0.4) is 0 Å². The summed E-state index contributed by atoms with van der Waals surface area (Å²) in [5.74, 6) is -0.911. The van der Waals surface area contributed by atoms with E-state index in [-0.39, 0.29) is 12.0 Å². The Bertz CT molecular complexity index is 350. The molecule has 1 aliphatic rings. The normalized spacial score (nSPS) is 25.5. The van der Waals surface area contributed by atoms with E-state index in [1.807, 2.05) is 37.3 Å². The van der Waals surface area contributed by atoms with Crippen molar-refractivity contribution in [2.75, 3.05) is 11.4 Å². The quantitative estimate of drug-likeness (QED) is 0.802. The number of hydrogen-bond donors (Lipinski definition) is 1. The Morgan fingerprint density at radius 1 is 1.40 bits per heavy atom. The van der Waals surface area contributed by atoms with Gasteiger partial charge in [-0.2, -0.15) is 0 Å². The molecule has 1 heterocycles. The molecular formula is C12H15NO2. The van der Waals surface area contributed by atoms with Crippen LogP contribution in [0.5, 0.6) is 0 Å². The van der Waals surface area contributed by atoms with Crippen molar-refractivity contribution in [3.8, 4) is 0 Å². The number of benzene rings is 1. The van der Waals surface area contributed by atoms with E-state index >= 15 is 0 Å². The SMILES string of the molecule is C[C@@H]1[C@@H](C(=O)O)CCN1c1ccccc1. The molecule has 1 fully saturated rings. The number of carboxylic acid groups (broad SMARTS) is 1. The van der Waals surface area contributed by atoms with Crippen LogP contribution in [-0.2, 0) is 4.79 Å². The minimum atomic E-state index is -0.680. The minimum absolute atomic E-state index is 0.0879. The molecule has 0 unspecified atom stereocenters. The van der Waals surface area contributed by atoms with Crippen molar-refractivity contribution in [1.82, 2.24) is 0 Å². The topological polar surface area (TPSA) is 40.5 Å². The molecule has 3 heteroatoms. The fourth-order valence-corrected chi connectivity index (χ4v) is 2.25. The van der Waals surface area contributed by atoms with E-state index in [1.54, 1.807) is 0 Å². The van der Waals surface area contributed by atoms with E-state index in [1.165, 1.54) is 0 Å². The number of nitrogens with zero attached hydrogens (tertiary/aromatic N) is 1.